The molecule has 232 valence electrons. The van der Waals surface area contributed by atoms with Gasteiger partial charge < -0.3 is 34.8 Å². The fourth-order valence-corrected chi connectivity index (χ4v) is 5.35. The average Bonchev–Trinajstić information content (AvgIpc) is 3.04. The Hall–Kier alpha value is -4.68. The number of benzene rings is 2. The fourth-order valence-electron chi connectivity index (χ4n) is 5.35. The van der Waals surface area contributed by atoms with Crippen LogP contribution in [0.2, 0.25) is 0 Å². The molecule has 2 aliphatic rings. The summed E-state index contributed by atoms with van der Waals surface area (Å²) in [7, 11) is 7.56. The van der Waals surface area contributed by atoms with Crippen molar-refractivity contribution in [2.75, 3.05) is 75.0 Å². The molecule has 0 saturated carbocycles. The number of aromatic nitrogens is 2. The second-order valence-electron chi connectivity index (χ2n) is 11.1. The number of carbonyl (C=O) groups is 2. The van der Waals surface area contributed by atoms with Gasteiger partial charge in [-0.05, 0) is 51.2 Å². The number of para-hydroxylation sites is 1. The third-order valence-corrected chi connectivity index (χ3v) is 7.78. The smallest absolute Gasteiger partial charge is 0.330 e. The SMILES string of the molecule is C=CC(=O)Nc1cc(Nc2ncc3c(n2)N(c2ccccc2)C(=O)N(C2CCOCC2)C3)c(OC)cc1N(C)CCN(C)C. The molecule has 1 fully saturated rings. The zero-order chi connectivity index (χ0) is 31.2. The van der Waals surface area contributed by atoms with Crippen molar-refractivity contribution in [2.45, 2.75) is 25.4 Å². The molecular formula is C32H40N8O4. The van der Waals surface area contributed by atoms with E-state index in [-0.39, 0.29) is 23.9 Å². The fraction of sp³-hybridized carbons (Fsp3) is 0.375. The van der Waals surface area contributed by atoms with Crippen LogP contribution in [0.1, 0.15) is 18.4 Å². The van der Waals surface area contributed by atoms with E-state index in [1.165, 1.54) is 6.08 Å². The topological polar surface area (TPSA) is 115 Å². The highest BCUT2D eigenvalue weighted by atomic mass is 16.5. The molecule has 2 aliphatic heterocycles. The number of likely N-dealkylation sites (N-methyl/N-ethyl adjacent to an activating group) is 2. The molecule has 3 amide bonds. The highest BCUT2D eigenvalue weighted by molar-refractivity contribution is 6.02. The van der Waals surface area contributed by atoms with Crippen molar-refractivity contribution < 1.29 is 19.1 Å². The van der Waals surface area contributed by atoms with Gasteiger partial charge in [-0.15, -0.1) is 0 Å². The standard InChI is InChI=1S/C32H40N8O4/c1-6-29(41)34-25-18-26(28(43-5)19-27(25)38(4)15-14-37(2)3)35-31-33-20-22-21-39(23-12-16-44-17-13-23)32(42)40(30(22)36-31)24-10-8-7-9-11-24/h6-11,18-20,23H,1,12-17,21H2,2-5H3,(H,34,41)(H,33,35,36). The van der Waals surface area contributed by atoms with E-state index >= 15 is 0 Å². The van der Waals surface area contributed by atoms with Crippen LogP contribution in [0.3, 0.4) is 0 Å². The van der Waals surface area contributed by atoms with Gasteiger partial charge in [0, 0.05) is 57.2 Å². The first kappa shape index (κ1) is 30.8. The third kappa shape index (κ3) is 6.76. The molecule has 0 aliphatic carbocycles. The van der Waals surface area contributed by atoms with Gasteiger partial charge in [-0.25, -0.2) is 14.7 Å². The van der Waals surface area contributed by atoms with Gasteiger partial charge in [0.25, 0.3) is 0 Å². The summed E-state index contributed by atoms with van der Waals surface area (Å²) < 4.78 is 11.3. The van der Waals surface area contributed by atoms with Gasteiger partial charge in [-0.2, -0.15) is 4.98 Å². The normalized spacial score (nSPS) is 15.2. The van der Waals surface area contributed by atoms with Crippen LogP contribution in [0, 0.1) is 0 Å². The summed E-state index contributed by atoms with van der Waals surface area (Å²) >= 11 is 0. The van der Waals surface area contributed by atoms with Gasteiger partial charge in [0.15, 0.2) is 5.82 Å². The highest BCUT2D eigenvalue weighted by Gasteiger charge is 2.37. The zero-order valence-corrected chi connectivity index (χ0v) is 25.7. The quantitative estimate of drug-likeness (QED) is 0.305. The number of hydrogen-bond donors (Lipinski definition) is 2. The number of fused-ring (bicyclic) bond motifs is 1. The second kappa shape index (κ2) is 13.7. The molecular weight excluding hydrogens is 560 g/mol. The third-order valence-electron chi connectivity index (χ3n) is 7.78. The van der Waals surface area contributed by atoms with Crippen LogP contribution in [0.25, 0.3) is 0 Å². The highest BCUT2D eigenvalue weighted by Crippen LogP contribution is 2.40. The summed E-state index contributed by atoms with van der Waals surface area (Å²) in [5, 5.41) is 6.17. The Balaban J connectivity index is 1.51. The predicted molar refractivity (Wildman–Crippen MR) is 172 cm³/mol. The number of rotatable bonds is 11. The lowest BCUT2D eigenvalue weighted by Crippen LogP contribution is -2.51. The Bertz CT molecular complexity index is 1490. The molecule has 0 atom stereocenters. The molecule has 2 aromatic carbocycles. The van der Waals surface area contributed by atoms with Crippen LogP contribution in [0.15, 0.2) is 61.3 Å². The summed E-state index contributed by atoms with van der Waals surface area (Å²) in [5.74, 6) is 1.00. The predicted octanol–water partition coefficient (Wildman–Crippen LogP) is 4.60. The summed E-state index contributed by atoms with van der Waals surface area (Å²) in [6.45, 7) is 6.82. The van der Waals surface area contributed by atoms with Crippen molar-refractivity contribution in [3.05, 3.63) is 66.9 Å². The van der Waals surface area contributed by atoms with Crippen LogP contribution in [0.5, 0.6) is 5.75 Å². The van der Waals surface area contributed by atoms with E-state index in [0.717, 1.165) is 42.9 Å². The monoisotopic (exact) mass is 600 g/mol. The van der Waals surface area contributed by atoms with Crippen molar-refractivity contribution in [2.24, 2.45) is 0 Å². The summed E-state index contributed by atoms with van der Waals surface area (Å²) in [6.07, 6.45) is 4.56. The molecule has 3 heterocycles. The minimum atomic E-state index is -0.334. The van der Waals surface area contributed by atoms with Crippen molar-refractivity contribution >= 4 is 46.5 Å². The van der Waals surface area contributed by atoms with Crippen LogP contribution in [0.4, 0.5) is 39.3 Å². The summed E-state index contributed by atoms with van der Waals surface area (Å²) in [6, 6.07) is 13.1. The van der Waals surface area contributed by atoms with E-state index in [1.54, 1.807) is 24.3 Å². The van der Waals surface area contributed by atoms with Crippen molar-refractivity contribution in [3.8, 4) is 5.75 Å². The molecule has 0 spiro atoms. The molecule has 1 aromatic heterocycles. The Kier molecular flexibility index (Phi) is 9.61. The number of anilines is 6. The maximum Gasteiger partial charge on any atom is 0.330 e. The molecule has 1 saturated heterocycles. The second-order valence-corrected chi connectivity index (χ2v) is 11.1. The Morgan fingerprint density at radius 1 is 1.14 bits per heavy atom. The van der Waals surface area contributed by atoms with Gasteiger partial charge >= 0.3 is 6.03 Å². The Morgan fingerprint density at radius 3 is 2.57 bits per heavy atom. The van der Waals surface area contributed by atoms with Gasteiger partial charge in [-0.3, -0.25) is 4.79 Å². The first-order valence-electron chi connectivity index (χ1n) is 14.7. The number of hydrogen-bond acceptors (Lipinski definition) is 9. The molecule has 5 rings (SSSR count). The van der Waals surface area contributed by atoms with Gasteiger partial charge in [0.1, 0.15) is 5.75 Å². The maximum absolute atomic E-state index is 14.0. The molecule has 3 aromatic rings. The lowest BCUT2D eigenvalue weighted by molar-refractivity contribution is -0.111. The largest absolute Gasteiger partial charge is 0.494 e. The van der Waals surface area contributed by atoms with Crippen molar-refractivity contribution in [1.82, 2.24) is 19.8 Å². The molecule has 2 N–H and O–H groups in total. The molecule has 12 nitrogen and oxygen atoms in total. The average molecular weight is 601 g/mol. The number of ether oxygens (including phenoxy) is 2. The van der Waals surface area contributed by atoms with Gasteiger partial charge in [0.05, 0.1) is 36.4 Å². The van der Waals surface area contributed by atoms with Crippen molar-refractivity contribution in [1.29, 1.82) is 0 Å². The lowest BCUT2D eigenvalue weighted by Gasteiger charge is -2.41. The van der Waals surface area contributed by atoms with E-state index in [0.29, 0.717) is 42.7 Å². The molecule has 0 unspecified atom stereocenters. The Labute approximate surface area is 258 Å². The minimum absolute atomic E-state index is 0.0799. The lowest BCUT2D eigenvalue weighted by atomic mass is 10.0. The number of amides is 3. The Morgan fingerprint density at radius 2 is 1.89 bits per heavy atom. The number of nitrogens with one attached hydrogen (secondary N) is 2. The van der Waals surface area contributed by atoms with Gasteiger partial charge in [0.2, 0.25) is 11.9 Å². The van der Waals surface area contributed by atoms with Crippen LogP contribution >= 0.6 is 0 Å². The number of urea groups is 1. The van der Waals surface area contributed by atoms with Crippen molar-refractivity contribution in [3.63, 3.8) is 0 Å². The zero-order valence-electron chi connectivity index (χ0n) is 25.7. The minimum Gasteiger partial charge on any atom is -0.494 e. The summed E-state index contributed by atoms with van der Waals surface area (Å²) in [5.41, 5.74) is 3.47. The molecule has 0 bridgehead atoms. The van der Waals surface area contributed by atoms with Crippen LogP contribution in [-0.2, 0) is 16.1 Å². The van der Waals surface area contributed by atoms with E-state index in [4.69, 9.17) is 14.5 Å². The first-order valence-corrected chi connectivity index (χ1v) is 14.7. The number of nitrogens with zero attached hydrogens (tertiary/aromatic N) is 6. The molecule has 44 heavy (non-hydrogen) atoms. The van der Waals surface area contributed by atoms with Crippen LogP contribution < -0.4 is 25.2 Å². The summed E-state index contributed by atoms with van der Waals surface area (Å²) in [4.78, 5) is 43.5. The first-order chi connectivity index (χ1) is 21.3. The van der Waals surface area contributed by atoms with E-state index in [9.17, 15) is 9.59 Å². The van der Waals surface area contributed by atoms with E-state index < -0.39 is 0 Å². The van der Waals surface area contributed by atoms with E-state index in [2.05, 4.69) is 27.1 Å². The van der Waals surface area contributed by atoms with Crippen LogP contribution in [-0.4, -0.2) is 92.3 Å². The number of carbonyl (C=O) groups excluding carboxylic acids is 2. The van der Waals surface area contributed by atoms with E-state index in [1.807, 2.05) is 67.3 Å². The molecule has 0 radical (unpaired) electrons. The van der Waals surface area contributed by atoms with Gasteiger partial charge in [-0.1, -0.05) is 24.8 Å². The molecule has 12 heteroatoms. The maximum atomic E-state index is 14.0. The number of methoxy groups -OCH3 is 1.